The van der Waals surface area contributed by atoms with Crippen molar-refractivity contribution >= 4 is 35.9 Å². The fourth-order valence-electron chi connectivity index (χ4n) is 9.66. The Morgan fingerprint density at radius 1 is 0.474 bits per heavy atom. The zero-order valence-electron chi connectivity index (χ0n) is 51.7. The summed E-state index contributed by atoms with van der Waals surface area (Å²) < 4.78 is 108. The molecule has 1 unspecified atom stereocenters. The molecule has 0 spiro atoms. The molecular formula is C72H70F5N5O13. The first-order valence-electron chi connectivity index (χ1n) is 30.3. The van der Waals surface area contributed by atoms with Crippen LogP contribution in [0.4, 0.5) is 31.5 Å². The van der Waals surface area contributed by atoms with Crippen molar-refractivity contribution < 1.29 is 84.2 Å². The average molecular weight is 1310 g/mol. The van der Waals surface area contributed by atoms with Gasteiger partial charge in [0.15, 0.2) is 0 Å². The van der Waals surface area contributed by atoms with Gasteiger partial charge in [0.25, 0.3) is 0 Å². The van der Waals surface area contributed by atoms with Crippen molar-refractivity contribution in [3.8, 4) is 28.4 Å². The zero-order valence-corrected chi connectivity index (χ0v) is 51.7. The first-order chi connectivity index (χ1) is 45.8. The summed E-state index contributed by atoms with van der Waals surface area (Å²) in [4.78, 5) is 83.6. The van der Waals surface area contributed by atoms with Crippen molar-refractivity contribution in [2.75, 3.05) is 6.54 Å². The smallest absolute Gasteiger partial charge is 0.408 e. The van der Waals surface area contributed by atoms with Gasteiger partial charge in [0.2, 0.25) is 46.6 Å². The van der Waals surface area contributed by atoms with E-state index in [4.69, 9.17) is 34.2 Å². The summed E-state index contributed by atoms with van der Waals surface area (Å²) in [7, 11) is 0. The fraction of sp³-hybridized carbons (Fsp3) is 0.250. The lowest BCUT2D eigenvalue weighted by atomic mass is 9.94. The number of carbonyl (C=O) groups excluding carboxylic acids is 6. The Balaban J connectivity index is 1.15. The SMILES string of the molecule is CC[C@@H](C)C(NC(=O)[C@H](Cc1cc(-c2ccc(OCc3ccccc3)c(C[C@H](NC(=O)OCc3ccccc3)C(=O)Oc3c(F)c(F)c(F)c(F)c3F)c2)ccc1OCc1ccccc1)NC(=O)[C@@H](N)C[C@@H](O)CNC(=O)OCc1ccccc1)C(=O)OCc1ccccc1. The molecule has 18 nitrogen and oxygen atoms in total. The van der Waals surface area contributed by atoms with Crippen molar-refractivity contribution in [2.24, 2.45) is 11.7 Å². The number of nitrogens with one attached hydrogen (secondary N) is 4. The Bertz CT molecular complexity index is 3860. The highest BCUT2D eigenvalue weighted by molar-refractivity contribution is 5.92. The number of ether oxygens (including phenoxy) is 6. The van der Waals surface area contributed by atoms with E-state index in [-0.39, 0.29) is 68.6 Å². The van der Waals surface area contributed by atoms with E-state index in [2.05, 4.69) is 21.3 Å². The summed E-state index contributed by atoms with van der Waals surface area (Å²) in [5.41, 5.74) is 11.0. The number of rotatable bonds is 31. The molecule has 0 aromatic heterocycles. The second-order valence-electron chi connectivity index (χ2n) is 22.1. The van der Waals surface area contributed by atoms with Gasteiger partial charge >= 0.3 is 24.1 Å². The molecule has 95 heavy (non-hydrogen) atoms. The van der Waals surface area contributed by atoms with E-state index >= 15 is 13.6 Å². The lowest BCUT2D eigenvalue weighted by Gasteiger charge is -2.27. The molecule has 23 heteroatoms. The van der Waals surface area contributed by atoms with E-state index in [0.717, 1.165) is 11.1 Å². The Labute approximate surface area is 544 Å². The van der Waals surface area contributed by atoms with Crippen molar-refractivity contribution in [1.29, 1.82) is 0 Å². The average Bonchev–Trinajstić information content (AvgIpc) is 0.822. The summed E-state index contributed by atoms with van der Waals surface area (Å²) in [6.07, 6.45) is -4.48. The minimum Gasteiger partial charge on any atom is -0.489 e. The fourth-order valence-corrected chi connectivity index (χ4v) is 9.66. The summed E-state index contributed by atoms with van der Waals surface area (Å²) in [6.45, 7) is 2.66. The maximum Gasteiger partial charge on any atom is 0.408 e. The molecule has 0 radical (unpaired) electrons. The molecule has 8 aromatic carbocycles. The van der Waals surface area contributed by atoms with Crippen molar-refractivity contribution in [3.63, 3.8) is 0 Å². The van der Waals surface area contributed by atoms with Crippen LogP contribution >= 0.6 is 0 Å². The molecular weight excluding hydrogens is 1240 g/mol. The standard InChI is InChI=1S/C72H70F5N5O13/c1-3-44(2)65(70(87)92-41-47-23-13-6-14-24-47)82-68(85)56(80-67(84)55(78)37-54(83)38-79-71(88)93-42-48-25-15-7-16-26-48)35-52-33-50(29-31-58(52)90-39-45-19-9-4-10-20-45)51-30-32-59(91-40-46-21-11-5-12-22-46)53(34-51)36-57(81-72(89)94-43-49-27-17-8-18-28-49)69(86)95-66-63(76)61(74)60(73)62(75)64(66)77/h4-34,44,54-57,65,83H,3,35-43,78H2,1-2H3,(H,79,88)(H,80,84)(H,81,89)(H,82,85)/t44-,54-,55+,56+,57+,65?/m1/s1. The summed E-state index contributed by atoms with van der Waals surface area (Å²) in [6, 6.07) is 47.3. The molecule has 0 saturated heterocycles. The molecule has 0 fully saturated rings. The number of hydrogen-bond donors (Lipinski definition) is 6. The third-order valence-corrected chi connectivity index (χ3v) is 15.1. The van der Waals surface area contributed by atoms with Crippen LogP contribution in [0.25, 0.3) is 11.1 Å². The second-order valence-corrected chi connectivity index (χ2v) is 22.1. The summed E-state index contributed by atoms with van der Waals surface area (Å²) in [5.74, 6) is -18.5. The maximum atomic E-state index is 15.1. The minimum absolute atomic E-state index is 0.0111. The molecule has 0 saturated carbocycles. The number of halogens is 5. The van der Waals surface area contributed by atoms with Crippen LogP contribution in [-0.4, -0.2) is 77.9 Å². The summed E-state index contributed by atoms with van der Waals surface area (Å²) in [5, 5.41) is 21.3. The van der Waals surface area contributed by atoms with Gasteiger partial charge in [0.05, 0.1) is 12.1 Å². The van der Waals surface area contributed by atoms with E-state index < -0.39 is 120 Å². The quantitative estimate of drug-likeness (QED) is 0.00591. The van der Waals surface area contributed by atoms with Crippen molar-refractivity contribution in [3.05, 3.63) is 256 Å². The Morgan fingerprint density at radius 2 is 0.884 bits per heavy atom. The number of alkyl carbamates (subject to hydrolysis) is 2. The number of aliphatic hydroxyl groups excluding tert-OH is 1. The molecule has 7 N–H and O–H groups in total. The number of esters is 2. The molecule has 0 bridgehead atoms. The normalized spacial score (nSPS) is 12.9. The molecule has 0 aliphatic rings. The van der Waals surface area contributed by atoms with Gasteiger partial charge in [-0.3, -0.25) is 9.59 Å². The highest BCUT2D eigenvalue weighted by atomic mass is 19.2. The van der Waals surface area contributed by atoms with Gasteiger partial charge in [-0.25, -0.2) is 32.3 Å². The van der Waals surface area contributed by atoms with Gasteiger partial charge in [-0.05, 0) is 86.7 Å². The predicted molar refractivity (Wildman–Crippen MR) is 339 cm³/mol. The third-order valence-electron chi connectivity index (χ3n) is 15.1. The largest absolute Gasteiger partial charge is 0.489 e. The Kier molecular flexibility index (Phi) is 25.8. The van der Waals surface area contributed by atoms with Gasteiger partial charge in [0, 0.05) is 19.4 Å². The van der Waals surface area contributed by atoms with Crippen LogP contribution in [0.1, 0.15) is 65.6 Å². The number of amides is 4. The first kappa shape index (κ1) is 70.2. The lowest BCUT2D eigenvalue weighted by molar-refractivity contribution is -0.151. The molecule has 0 heterocycles. The van der Waals surface area contributed by atoms with E-state index in [1.807, 2.05) is 37.3 Å². The van der Waals surface area contributed by atoms with Crippen LogP contribution in [0.3, 0.4) is 0 Å². The maximum absolute atomic E-state index is 15.1. The first-order valence-corrected chi connectivity index (χ1v) is 30.3. The van der Waals surface area contributed by atoms with Gasteiger partial charge in [-0.15, -0.1) is 0 Å². The zero-order chi connectivity index (χ0) is 67.8. The predicted octanol–water partition coefficient (Wildman–Crippen LogP) is 11.0. The highest BCUT2D eigenvalue weighted by Crippen LogP contribution is 2.34. The number of hydrogen-bond acceptors (Lipinski definition) is 14. The van der Waals surface area contributed by atoms with Gasteiger partial charge in [-0.2, -0.15) is 8.78 Å². The van der Waals surface area contributed by atoms with Crippen LogP contribution in [0, 0.1) is 35.0 Å². The van der Waals surface area contributed by atoms with Crippen LogP contribution < -0.4 is 41.2 Å². The van der Waals surface area contributed by atoms with E-state index in [0.29, 0.717) is 34.2 Å². The molecule has 0 aliphatic carbocycles. The van der Waals surface area contributed by atoms with Crippen molar-refractivity contribution in [1.82, 2.24) is 21.3 Å². The molecule has 8 rings (SSSR count). The number of benzene rings is 8. The topological polar surface area (TPSA) is 252 Å². The van der Waals surface area contributed by atoms with Crippen LogP contribution in [0.15, 0.2) is 188 Å². The van der Waals surface area contributed by atoms with Crippen LogP contribution in [0.2, 0.25) is 0 Å². The molecule has 496 valence electrons. The van der Waals surface area contributed by atoms with Crippen LogP contribution in [0.5, 0.6) is 17.2 Å². The lowest BCUT2D eigenvalue weighted by Crippen LogP contribution is -2.57. The third kappa shape index (κ3) is 20.7. The second kappa shape index (κ2) is 34.9. The highest BCUT2D eigenvalue weighted by Gasteiger charge is 2.35. The molecule has 6 atom stereocenters. The van der Waals surface area contributed by atoms with Gasteiger partial charge < -0.3 is 60.5 Å². The van der Waals surface area contributed by atoms with Gasteiger partial charge in [0.1, 0.15) is 62.7 Å². The summed E-state index contributed by atoms with van der Waals surface area (Å²) >= 11 is 0. The molecule has 8 aromatic rings. The number of carbonyl (C=O) groups is 6. The number of nitrogens with two attached hydrogens (primary N) is 1. The molecule has 4 amide bonds. The monoisotopic (exact) mass is 1310 g/mol. The minimum atomic E-state index is -2.51. The number of aliphatic hydroxyl groups is 1. The van der Waals surface area contributed by atoms with Gasteiger partial charge in [-0.1, -0.05) is 184 Å². The Hall–Kier alpha value is -10.7. The van der Waals surface area contributed by atoms with E-state index in [1.54, 1.807) is 153 Å². The van der Waals surface area contributed by atoms with E-state index in [1.165, 1.54) is 12.1 Å². The van der Waals surface area contributed by atoms with Crippen molar-refractivity contribution in [2.45, 2.75) is 103 Å². The molecule has 0 aliphatic heterocycles. The van der Waals surface area contributed by atoms with E-state index in [9.17, 15) is 42.3 Å². The van der Waals surface area contributed by atoms with Crippen LogP contribution in [-0.2, 0) is 79.3 Å². The Morgan fingerprint density at radius 3 is 1.34 bits per heavy atom.